The van der Waals surface area contributed by atoms with Crippen molar-refractivity contribution < 1.29 is 14.3 Å². The molecule has 0 spiro atoms. The van der Waals surface area contributed by atoms with Crippen molar-refractivity contribution in [1.29, 1.82) is 0 Å². The lowest BCUT2D eigenvalue weighted by Crippen LogP contribution is -2.05. The Morgan fingerprint density at radius 3 is 2.57 bits per heavy atom. The van der Waals surface area contributed by atoms with Crippen LogP contribution in [-0.2, 0) is 16.0 Å². The van der Waals surface area contributed by atoms with Gasteiger partial charge < -0.3 is 9.47 Å². The van der Waals surface area contributed by atoms with E-state index in [1.165, 1.54) is 7.11 Å². The first-order chi connectivity index (χ1) is 11.2. The maximum Gasteiger partial charge on any atom is 0.310 e. The number of nitrogens with zero attached hydrogens (tertiary/aromatic N) is 2. The van der Waals surface area contributed by atoms with Crippen LogP contribution in [0.2, 0.25) is 0 Å². The number of hydrogen-bond donors (Lipinski definition) is 0. The predicted molar refractivity (Wildman–Crippen MR) is 87.2 cm³/mol. The molecule has 23 heavy (non-hydrogen) atoms. The highest BCUT2D eigenvalue weighted by Crippen LogP contribution is 2.23. The lowest BCUT2D eigenvalue weighted by atomic mass is 10.1. The van der Waals surface area contributed by atoms with Gasteiger partial charge in [-0.15, -0.1) is 0 Å². The minimum Gasteiger partial charge on any atom is -0.497 e. The molecule has 0 saturated carbocycles. The van der Waals surface area contributed by atoms with E-state index in [0.29, 0.717) is 5.82 Å². The molecule has 0 amide bonds. The van der Waals surface area contributed by atoms with Crippen LogP contribution in [0.4, 0.5) is 0 Å². The molecule has 1 heterocycles. The zero-order valence-corrected chi connectivity index (χ0v) is 12.9. The molecule has 116 valence electrons. The van der Waals surface area contributed by atoms with E-state index in [9.17, 15) is 4.79 Å². The lowest BCUT2D eigenvalue weighted by Gasteiger charge is -2.07. The van der Waals surface area contributed by atoms with Gasteiger partial charge in [-0.25, -0.2) is 9.97 Å². The standard InChI is InChI=1S/C18H16N2O3/c1-22-15-8-6-12(7-9-15)18-19-11-14-5-3-4-13(17(14)20-18)10-16(21)23-2/h3-9,11H,10H2,1-2H3. The van der Waals surface area contributed by atoms with Gasteiger partial charge in [0.15, 0.2) is 5.82 Å². The molecule has 5 heteroatoms. The molecule has 0 N–H and O–H groups in total. The van der Waals surface area contributed by atoms with Gasteiger partial charge in [0.25, 0.3) is 0 Å². The number of carbonyl (C=O) groups excluding carboxylic acids is 1. The number of carbonyl (C=O) groups is 1. The van der Waals surface area contributed by atoms with Crippen molar-refractivity contribution in [3.8, 4) is 17.1 Å². The fourth-order valence-electron chi connectivity index (χ4n) is 2.37. The Labute approximate surface area is 133 Å². The third-order valence-electron chi connectivity index (χ3n) is 3.61. The number of ether oxygens (including phenoxy) is 2. The first-order valence-corrected chi connectivity index (χ1v) is 7.17. The van der Waals surface area contributed by atoms with Crippen LogP contribution in [0.1, 0.15) is 5.56 Å². The summed E-state index contributed by atoms with van der Waals surface area (Å²) in [7, 11) is 3.01. The highest BCUT2D eigenvalue weighted by molar-refractivity contribution is 5.86. The van der Waals surface area contributed by atoms with Gasteiger partial charge in [0.2, 0.25) is 0 Å². The molecule has 0 aliphatic carbocycles. The van der Waals surface area contributed by atoms with Gasteiger partial charge in [0.05, 0.1) is 26.2 Å². The normalized spacial score (nSPS) is 10.5. The Hall–Kier alpha value is -2.95. The van der Waals surface area contributed by atoms with E-state index >= 15 is 0 Å². The second kappa shape index (κ2) is 6.44. The van der Waals surface area contributed by atoms with Crippen LogP contribution in [0.15, 0.2) is 48.7 Å². The van der Waals surface area contributed by atoms with Crippen LogP contribution in [0, 0.1) is 0 Å². The summed E-state index contributed by atoms with van der Waals surface area (Å²) in [5.41, 5.74) is 2.48. The van der Waals surface area contributed by atoms with E-state index in [1.54, 1.807) is 13.3 Å². The molecular weight excluding hydrogens is 292 g/mol. The van der Waals surface area contributed by atoms with Crippen LogP contribution >= 0.6 is 0 Å². The summed E-state index contributed by atoms with van der Waals surface area (Å²) >= 11 is 0. The van der Waals surface area contributed by atoms with E-state index in [4.69, 9.17) is 9.47 Å². The number of benzene rings is 2. The van der Waals surface area contributed by atoms with Gasteiger partial charge in [0, 0.05) is 17.1 Å². The van der Waals surface area contributed by atoms with E-state index in [0.717, 1.165) is 27.8 Å². The predicted octanol–water partition coefficient (Wildman–Crippen LogP) is 3.02. The summed E-state index contributed by atoms with van der Waals surface area (Å²) in [6.07, 6.45) is 1.95. The number of hydrogen-bond acceptors (Lipinski definition) is 5. The second-order valence-corrected chi connectivity index (χ2v) is 5.03. The molecule has 0 saturated heterocycles. The number of methoxy groups -OCH3 is 2. The zero-order valence-electron chi connectivity index (χ0n) is 12.9. The van der Waals surface area contributed by atoms with E-state index < -0.39 is 0 Å². The molecule has 0 aliphatic heterocycles. The minimum absolute atomic E-state index is 0.187. The molecule has 0 unspecified atom stereocenters. The SMILES string of the molecule is COC(=O)Cc1cccc2cnc(-c3ccc(OC)cc3)nc12. The lowest BCUT2D eigenvalue weighted by molar-refractivity contribution is -0.139. The molecule has 1 aromatic heterocycles. The molecular formula is C18H16N2O3. The highest BCUT2D eigenvalue weighted by atomic mass is 16.5. The first kappa shape index (κ1) is 15.0. The van der Waals surface area contributed by atoms with Crippen LogP contribution in [0.3, 0.4) is 0 Å². The van der Waals surface area contributed by atoms with Crippen molar-refractivity contribution in [2.45, 2.75) is 6.42 Å². The van der Waals surface area contributed by atoms with Crippen LogP contribution in [-0.4, -0.2) is 30.2 Å². The summed E-state index contributed by atoms with van der Waals surface area (Å²) < 4.78 is 9.91. The number of para-hydroxylation sites is 1. The third kappa shape index (κ3) is 3.13. The van der Waals surface area contributed by atoms with Gasteiger partial charge in [-0.3, -0.25) is 4.79 Å². The average Bonchev–Trinajstić information content (AvgIpc) is 2.61. The van der Waals surface area contributed by atoms with Gasteiger partial charge in [-0.2, -0.15) is 0 Å². The van der Waals surface area contributed by atoms with Crippen molar-refractivity contribution >= 4 is 16.9 Å². The maximum absolute atomic E-state index is 11.6. The Morgan fingerprint density at radius 2 is 1.87 bits per heavy atom. The molecule has 5 nitrogen and oxygen atoms in total. The quantitative estimate of drug-likeness (QED) is 0.693. The molecule has 0 fully saturated rings. The molecule has 0 bridgehead atoms. The van der Waals surface area contributed by atoms with Crippen molar-refractivity contribution in [2.75, 3.05) is 14.2 Å². The van der Waals surface area contributed by atoms with Gasteiger partial charge in [0.1, 0.15) is 5.75 Å². The molecule has 3 aromatic rings. The first-order valence-electron chi connectivity index (χ1n) is 7.17. The number of aromatic nitrogens is 2. The van der Waals surface area contributed by atoms with Crippen LogP contribution in [0.5, 0.6) is 5.75 Å². The topological polar surface area (TPSA) is 61.3 Å². The van der Waals surface area contributed by atoms with Gasteiger partial charge in [-0.1, -0.05) is 18.2 Å². The summed E-state index contributed by atoms with van der Waals surface area (Å²) in [6, 6.07) is 13.2. The fourth-order valence-corrected chi connectivity index (χ4v) is 2.37. The van der Waals surface area contributed by atoms with Crippen LogP contribution < -0.4 is 4.74 Å². The Bertz CT molecular complexity index is 845. The molecule has 0 atom stereocenters. The minimum atomic E-state index is -0.290. The summed E-state index contributed by atoms with van der Waals surface area (Å²) in [5.74, 6) is 1.10. The van der Waals surface area contributed by atoms with Gasteiger partial charge in [-0.05, 0) is 29.8 Å². The number of esters is 1. The van der Waals surface area contributed by atoms with E-state index in [-0.39, 0.29) is 12.4 Å². The Kier molecular flexibility index (Phi) is 4.19. The average molecular weight is 308 g/mol. The largest absolute Gasteiger partial charge is 0.497 e. The van der Waals surface area contributed by atoms with E-state index in [2.05, 4.69) is 9.97 Å². The van der Waals surface area contributed by atoms with Crippen molar-refractivity contribution in [1.82, 2.24) is 9.97 Å². The van der Waals surface area contributed by atoms with Crippen molar-refractivity contribution in [2.24, 2.45) is 0 Å². The zero-order chi connectivity index (χ0) is 16.2. The third-order valence-corrected chi connectivity index (χ3v) is 3.61. The number of rotatable bonds is 4. The van der Waals surface area contributed by atoms with E-state index in [1.807, 2.05) is 42.5 Å². The summed E-state index contributed by atoms with van der Waals surface area (Å²) in [4.78, 5) is 20.6. The smallest absolute Gasteiger partial charge is 0.310 e. The molecule has 2 aromatic carbocycles. The van der Waals surface area contributed by atoms with Gasteiger partial charge >= 0.3 is 5.97 Å². The van der Waals surface area contributed by atoms with Crippen molar-refractivity contribution in [3.63, 3.8) is 0 Å². The maximum atomic E-state index is 11.6. The molecule has 3 rings (SSSR count). The molecule has 0 aliphatic rings. The summed E-state index contributed by atoms with van der Waals surface area (Å²) in [5, 5.41) is 0.892. The Balaban J connectivity index is 2.05. The Morgan fingerprint density at radius 1 is 1.09 bits per heavy atom. The number of fused-ring (bicyclic) bond motifs is 1. The highest BCUT2D eigenvalue weighted by Gasteiger charge is 2.10. The van der Waals surface area contributed by atoms with Crippen LogP contribution in [0.25, 0.3) is 22.3 Å². The monoisotopic (exact) mass is 308 g/mol. The van der Waals surface area contributed by atoms with Crippen molar-refractivity contribution in [3.05, 3.63) is 54.2 Å². The summed E-state index contributed by atoms with van der Waals surface area (Å²) in [6.45, 7) is 0. The molecule has 0 radical (unpaired) electrons. The second-order valence-electron chi connectivity index (χ2n) is 5.03. The fraction of sp³-hybridized carbons (Fsp3) is 0.167.